The molecule has 1 saturated heterocycles. The summed E-state index contributed by atoms with van der Waals surface area (Å²) in [6.07, 6.45) is 3.95. The number of anilines is 1. The van der Waals surface area contributed by atoms with Crippen molar-refractivity contribution in [3.05, 3.63) is 52.6 Å². The highest BCUT2D eigenvalue weighted by molar-refractivity contribution is 14.0. The summed E-state index contributed by atoms with van der Waals surface area (Å²) in [5.41, 5.74) is 1.08. The SMILES string of the molecule is CN=C(NCc1cc(Br)ccc1OC)NC1CCN(c2ccccn2)CC1.I. The second-order valence-corrected chi connectivity index (χ2v) is 7.39. The number of guanidine groups is 1. The maximum atomic E-state index is 5.44. The topological polar surface area (TPSA) is 61.8 Å². The summed E-state index contributed by atoms with van der Waals surface area (Å²) in [6, 6.07) is 12.5. The Kier molecular flexibility index (Phi) is 9.30. The van der Waals surface area contributed by atoms with Gasteiger partial charge in [0.1, 0.15) is 11.6 Å². The quantitative estimate of drug-likeness (QED) is 0.331. The minimum atomic E-state index is 0. The van der Waals surface area contributed by atoms with E-state index in [1.54, 1.807) is 14.2 Å². The van der Waals surface area contributed by atoms with Gasteiger partial charge in [-0.1, -0.05) is 22.0 Å². The summed E-state index contributed by atoms with van der Waals surface area (Å²) in [5, 5.41) is 6.93. The summed E-state index contributed by atoms with van der Waals surface area (Å²) < 4.78 is 6.47. The number of piperidine rings is 1. The van der Waals surface area contributed by atoms with E-state index in [4.69, 9.17) is 4.74 Å². The molecule has 0 saturated carbocycles. The molecular formula is C20H27BrIN5O. The third kappa shape index (κ3) is 6.23. The number of hydrogen-bond donors (Lipinski definition) is 2. The molecule has 28 heavy (non-hydrogen) atoms. The van der Waals surface area contributed by atoms with E-state index < -0.39 is 0 Å². The van der Waals surface area contributed by atoms with Crippen molar-refractivity contribution in [1.82, 2.24) is 15.6 Å². The Bertz CT molecular complexity index is 766. The van der Waals surface area contributed by atoms with Gasteiger partial charge in [0.25, 0.3) is 0 Å². The fourth-order valence-electron chi connectivity index (χ4n) is 3.25. The zero-order valence-corrected chi connectivity index (χ0v) is 20.1. The molecule has 1 aromatic heterocycles. The number of nitrogens with one attached hydrogen (secondary N) is 2. The number of halogens is 2. The van der Waals surface area contributed by atoms with E-state index in [0.717, 1.165) is 53.5 Å². The second-order valence-electron chi connectivity index (χ2n) is 6.48. The molecule has 0 amide bonds. The van der Waals surface area contributed by atoms with Crippen molar-refractivity contribution in [2.24, 2.45) is 4.99 Å². The highest BCUT2D eigenvalue weighted by atomic mass is 127. The van der Waals surface area contributed by atoms with E-state index in [9.17, 15) is 0 Å². The zero-order valence-electron chi connectivity index (χ0n) is 16.2. The molecular weight excluding hydrogens is 533 g/mol. The van der Waals surface area contributed by atoms with Crippen LogP contribution in [0.15, 0.2) is 52.1 Å². The van der Waals surface area contributed by atoms with E-state index in [1.165, 1.54) is 0 Å². The van der Waals surface area contributed by atoms with Gasteiger partial charge in [-0.15, -0.1) is 24.0 Å². The molecule has 0 radical (unpaired) electrons. The van der Waals surface area contributed by atoms with E-state index in [2.05, 4.69) is 53.6 Å². The van der Waals surface area contributed by atoms with Gasteiger partial charge in [-0.2, -0.15) is 0 Å². The third-order valence-corrected chi connectivity index (χ3v) is 5.21. The van der Waals surface area contributed by atoms with Crippen molar-refractivity contribution in [2.75, 3.05) is 32.1 Å². The number of aromatic nitrogens is 1. The number of hydrogen-bond acceptors (Lipinski definition) is 4. The average molecular weight is 560 g/mol. The van der Waals surface area contributed by atoms with Crippen molar-refractivity contribution in [3.63, 3.8) is 0 Å². The zero-order chi connectivity index (χ0) is 19.1. The molecule has 1 aliphatic heterocycles. The van der Waals surface area contributed by atoms with Crippen LogP contribution in [0.5, 0.6) is 5.75 Å². The number of rotatable bonds is 5. The van der Waals surface area contributed by atoms with Gasteiger partial charge >= 0.3 is 0 Å². The first-order chi connectivity index (χ1) is 13.2. The van der Waals surface area contributed by atoms with Crippen LogP contribution in [0.2, 0.25) is 0 Å². The van der Waals surface area contributed by atoms with Gasteiger partial charge in [0.05, 0.1) is 7.11 Å². The van der Waals surface area contributed by atoms with Crippen LogP contribution in [-0.4, -0.2) is 44.2 Å². The van der Waals surface area contributed by atoms with Crippen molar-refractivity contribution in [3.8, 4) is 5.75 Å². The minimum absolute atomic E-state index is 0. The van der Waals surface area contributed by atoms with Gasteiger partial charge in [0.15, 0.2) is 5.96 Å². The van der Waals surface area contributed by atoms with Crippen LogP contribution >= 0.6 is 39.9 Å². The molecule has 1 fully saturated rings. The Balaban J connectivity index is 0.00000280. The number of aliphatic imine (C=N–C) groups is 1. The predicted octanol–water partition coefficient (Wildman–Crippen LogP) is 3.80. The summed E-state index contributed by atoms with van der Waals surface area (Å²) in [5.74, 6) is 2.73. The lowest BCUT2D eigenvalue weighted by atomic mass is 10.1. The van der Waals surface area contributed by atoms with Crippen molar-refractivity contribution >= 4 is 51.7 Å². The van der Waals surface area contributed by atoms with Crippen molar-refractivity contribution in [1.29, 1.82) is 0 Å². The van der Waals surface area contributed by atoms with Crippen molar-refractivity contribution in [2.45, 2.75) is 25.4 Å². The first-order valence-corrected chi connectivity index (χ1v) is 9.94. The average Bonchev–Trinajstić information content (AvgIpc) is 2.72. The molecule has 0 bridgehead atoms. The summed E-state index contributed by atoms with van der Waals surface area (Å²) in [7, 11) is 3.49. The van der Waals surface area contributed by atoms with E-state index in [-0.39, 0.29) is 24.0 Å². The van der Waals surface area contributed by atoms with Gasteiger partial charge in [-0.05, 0) is 43.2 Å². The molecule has 2 aromatic rings. The van der Waals surface area contributed by atoms with E-state index in [0.29, 0.717) is 12.6 Å². The molecule has 8 heteroatoms. The number of methoxy groups -OCH3 is 1. The van der Waals surface area contributed by atoms with Crippen LogP contribution in [0.25, 0.3) is 0 Å². The molecule has 0 aliphatic carbocycles. The van der Waals surface area contributed by atoms with E-state index >= 15 is 0 Å². The molecule has 1 aliphatic rings. The minimum Gasteiger partial charge on any atom is -0.496 e. The molecule has 152 valence electrons. The lowest BCUT2D eigenvalue weighted by Gasteiger charge is -2.33. The smallest absolute Gasteiger partial charge is 0.191 e. The Morgan fingerprint density at radius 3 is 2.71 bits per heavy atom. The van der Waals surface area contributed by atoms with E-state index in [1.807, 2.05) is 30.5 Å². The molecule has 2 N–H and O–H groups in total. The summed E-state index contributed by atoms with van der Waals surface area (Å²) in [6.45, 7) is 2.63. The van der Waals surface area contributed by atoms with Gasteiger partial charge in [0, 0.05) is 49.0 Å². The monoisotopic (exact) mass is 559 g/mol. The standard InChI is InChI=1S/C20H26BrN5O.HI/c1-22-20(24-14-15-13-16(21)6-7-18(15)27-2)25-17-8-11-26(12-9-17)19-5-3-4-10-23-19;/h3-7,10,13,17H,8-9,11-12,14H2,1-2H3,(H2,22,24,25);1H. The summed E-state index contributed by atoms with van der Waals surface area (Å²) in [4.78, 5) is 11.1. The number of benzene rings is 1. The molecule has 3 rings (SSSR count). The maximum absolute atomic E-state index is 5.44. The molecule has 1 aromatic carbocycles. The fourth-order valence-corrected chi connectivity index (χ4v) is 3.65. The van der Waals surface area contributed by atoms with Crippen molar-refractivity contribution < 1.29 is 4.74 Å². The largest absolute Gasteiger partial charge is 0.496 e. The Morgan fingerprint density at radius 1 is 1.29 bits per heavy atom. The number of ether oxygens (including phenoxy) is 1. The van der Waals surface area contributed by atoms with Crippen LogP contribution in [-0.2, 0) is 6.54 Å². The van der Waals surface area contributed by atoms with Crippen LogP contribution in [0.1, 0.15) is 18.4 Å². The van der Waals surface area contributed by atoms with Gasteiger partial charge < -0.3 is 20.3 Å². The number of nitrogens with zero attached hydrogens (tertiary/aromatic N) is 3. The first kappa shape index (κ1) is 22.7. The van der Waals surface area contributed by atoms with Crippen LogP contribution in [0.4, 0.5) is 5.82 Å². The Hall–Kier alpha value is -1.55. The lowest BCUT2D eigenvalue weighted by molar-refractivity contribution is 0.408. The Labute approximate surface area is 192 Å². The predicted molar refractivity (Wildman–Crippen MR) is 129 cm³/mol. The van der Waals surface area contributed by atoms with Gasteiger partial charge in [-0.25, -0.2) is 4.98 Å². The van der Waals surface area contributed by atoms with Crippen LogP contribution < -0.4 is 20.3 Å². The Morgan fingerprint density at radius 2 is 2.07 bits per heavy atom. The highest BCUT2D eigenvalue weighted by Gasteiger charge is 2.20. The molecule has 0 unspecified atom stereocenters. The number of pyridine rings is 1. The third-order valence-electron chi connectivity index (χ3n) is 4.72. The second kappa shape index (κ2) is 11.5. The molecule has 6 nitrogen and oxygen atoms in total. The molecule has 0 atom stereocenters. The lowest BCUT2D eigenvalue weighted by Crippen LogP contribution is -2.48. The highest BCUT2D eigenvalue weighted by Crippen LogP contribution is 2.23. The fraction of sp³-hybridized carbons (Fsp3) is 0.400. The van der Waals surface area contributed by atoms with Crippen LogP contribution in [0.3, 0.4) is 0 Å². The van der Waals surface area contributed by atoms with Gasteiger partial charge in [0.2, 0.25) is 0 Å². The molecule has 0 spiro atoms. The van der Waals surface area contributed by atoms with Gasteiger partial charge in [-0.3, -0.25) is 4.99 Å². The molecule has 2 heterocycles. The first-order valence-electron chi connectivity index (χ1n) is 9.15. The normalized spacial score (nSPS) is 15.0. The van der Waals surface area contributed by atoms with Crippen LogP contribution in [0, 0.1) is 0 Å². The maximum Gasteiger partial charge on any atom is 0.191 e. The summed E-state index contributed by atoms with van der Waals surface area (Å²) >= 11 is 3.52.